The summed E-state index contributed by atoms with van der Waals surface area (Å²) in [5, 5.41) is 0. The fourth-order valence-electron chi connectivity index (χ4n) is 2.02. The highest BCUT2D eigenvalue weighted by Crippen LogP contribution is 2.21. The Labute approximate surface area is 104 Å². The van der Waals surface area contributed by atoms with Crippen molar-refractivity contribution in [2.75, 3.05) is 33.8 Å². The fraction of sp³-hybridized carbons (Fsp3) is 1.00. The number of hydrogen-bond donors (Lipinski definition) is 1. The Morgan fingerprint density at radius 1 is 1.41 bits per heavy atom. The standard InChI is InChI=1S/C10H23N3O3S/c1-9-10(5-8-16-9)13(3)17(14,15)12(2)7-4-6-11/h9-10H,4-8,11H2,1-3H3. The van der Waals surface area contributed by atoms with Crippen LogP contribution in [0.2, 0.25) is 0 Å². The molecule has 1 rings (SSSR count). The smallest absolute Gasteiger partial charge is 0.281 e. The molecular formula is C10H23N3O3S. The quantitative estimate of drug-likeness (QED) is 0.710. The van der Waals surface area contributed by atoms with E-state index in [9.17, 15) is 8.42 Å². The summed E-state index contributed by atoms with van der Waals surface area (Å²) in [5.74, 6) is 0. The summed E-state index contributed by atoms with van der Waals surface area (Å²) in [4.78, 5) is 0. The normalized spacial score (nSPS) is 26.0. The van der Waals surface area contributed by atoms with Crippen molar-refractivity contribution >= 4 is 10.2 Å². The van der Waals surface area contributed by atoms with Gasteiger partial charge in [0.25, 0.3) is 10.2 Å². The van der Waals surface area contributed by atoms with Gasteiger partial charge in [0, 0.05) is 27.2 Å². The highest BCUT2D eigenvalue weighted by molar-refractivity contribution is 7.86. The lowest BCUT2D eigenvalue weighted by Gasteiger charge is -2.30. The van der Waals surface area contributed by atoms with Gasteiger partial charge in [0.15, 0.2) is 0 Å². The number of hydrogen-bond acceptors (Lipinski definition) is 4. The predicted molar refractivity (Wildman–Crippen MR) is 66.8 cm³/mol. The van der Waals surface area contributed by atoms with Crippen molar-refractivity contribution in [3.05, 3.63) is 0 Å². The Bertz CT molecular complexity index is 334. The number of nitrogens with zero attached hydrogens (tertiary/aromatic N) is 2. The van der Waals surface area contributed by atoms with Crippen LogP contribution in [0.25, 0.3) is 0 Å². The molecule has 1 fully saturated rings. The van der Waals surface area contributed by atoms with Crippen molar-refractivity contribution in [3.8, 4) is 0 Å². The van der Waals surface area contributed by atoms with Gasteiger partial charge in [-0.15, -0.1) is 0 Å². The molecule has 1 saturated heterocycles. The third-order valence-corrected chi connectivity index (χ3v) is 5.21. The largest absolute Gasteiger partial charge is 0.377 e. The second-order valence-electron chi connectivity index (χ2n) is 4.42. The molecule has 0 radical (unpaired) electrons. The van der Waals surface area contributed by atoms with Crippen molar-refractivity contribution in [3.63, 3.8) is 0 Å². The Balaban J connectivity index is 2.68. The average Bonchev–Trinajstić information content (AvgIpc) is 2.70. The van der Waals surface area contributed by atoms with E-state index in [-0.39, 0.29) is 12.1 Å². The van der Waals surface area contributed by atoms with E-state index in [1.807, 2.05) is 6.92 Å². The zero-order valence-electron chi connectivity index (χ0n) is 10.8. The van der Waals surface area contributed by atoms with Gasteiger partial charge in [0.2, 0.25) is 0 Å². The van der Waals surface area contributed by atoms with E-state index in [0.29, 0.717) is 26.1 Å². The van der Waals surface area contributed by atoms with E-state index in [2.05, 4.69) is 0 Å². The van der Waals surface area contributed by atoms with Gasteiger partial charge in [-0.1, -0.05) is 0 Å². The molecule has 2 atom stereocenters. The number of ether oxygens (including phenoxy) is 1. The van der Waals surface area contributed by atoms with Crippen LogP contribution in [0.15, 0.2) is 0 Å². The third kappa shape index (κ3) is 3.38. The lowest BCUT2D eigenvalue weighted by atomic mass is 10.2. The lowest BCUT2D eigenvalue weighted by Crippen LogP contribution is -2.47. The Morgan fingerprint density at radius 3 is 2.53 bits per heavy atom. The summed E-state index contributed by atoms with van der Waals surface area (Å²) >= 11 is 0. The van der Waals surface area contributed by atoms with Gasteiger partial charge in [-0.25, -0.2) is 0 Å². The lowest BCUT2D eigenvalue weighted by molar-refractivity contribution is 0.101. The molecule has 17 heavy (non-hydrogen) atoms. The summed E-state index contributed by atoms with van der Waals surface area (Å²) in [6.07, 6.45) is 1.37. The number of nitrogens with two attached hydrogens (primary N) is 1. The van der Waals surface area contributed by atoms with E-state index in [1.54, 1.807) is 14.1 Å². The predicted octanol–water partition coefficient (Wildman–Crippen LogP) is -0.379. The van der Waals surface area contributed by atoms with E-state index in [0.717, 1.165) is 6.42 Å². The van der Waals surface area contributed by atoms with Gasteiger partial charge in [-0.3, -0.25) is 0 Å². The van der Waals surface area contributed by atoms with Gasteiger partial charge in [-0.2, -0.15) is 17.0 Å². The van der Waals surface area contributed by atoms with Gasteiger partial charge in [0.1, 0.15) is 0 Å². The highest BCUT2D eigenvalue weighted by atomic mass is 32.2. The average molecular weight is 265 g/mol. The first kappa shape index (κ1) is 14.8. The van der Waals surface area contributed by atoms with Crippen molar-refractivity contribution in [2.24, 2.45) is 5.73 Å². The molecule has 0 spiro atoms. The summed E-state index contributed by atoms with van der Waals surface area (Å²) < 4.78 is 32.6. The molecule has 0 aliphatic carbocycles. The maximum absolute atomic E-state index is 12.2. The van der Waals surface area contributed by atoms with Gasteiger partial charge >= 0.3 is 0 Å². The fourth-order valence-corrected chi connectivity index (χ4v) is 3.44. The van der Waals surface area contributed by atoms with Gasteiger partial charge in [0.05, 0.1) is 12.1 Å². The molecule has 0 amide bonds. The highest BCUT2D eigenvalue weighted by Gasteiger charge is 2.36. The molecule has 102 valence electrons. The van der Waals surface area contributed by atoms with Gasteiger partial charge < -0.3 is 10.5 Å². The van der Waals surface area contributed by atoms with Crippen molar-refractivity contribution in [2.45, 2.75) is 31.9 Å². The van der Waals surface area contributed by atoms with Crippen LogP contribution < -0.4 is 5.73 Å². The molecule has 1 heterocycles. The minimum absolute atomic E-state index is 0.0438. The first-order valence-corrected chi connectivity index (χ1v) is 7.32. The van der Waals surface area contributed by atoms with E-state index in [4.69, 9.17) is 10.5 Å². The molecule has 2 unspecified atom stereocenters. The summed E-state index contributed by atoms with van der Waals surface area (Å²) in [7, 11) is -0.196. The zero-order chi connectivity index (χ0) is 13.1. The monoisotopic (exact) mass is 265 g/mol. The van der Waals surface area contributed by atoms with Gasteiger partial charge in [-0.05, 0) is 26.3 Å². The summed E-state index contributed by atoms with van der Waals surface area (Å²) in [5.41, 5.74) is 5.39. The van der Waals surface area contributed by atoms with Crippen LogP contribution in [0.5, 0.6) is 0 Å². The Morgan fingerprint density at radius 2 is 2.06 bits per heavy atom. The summed E-state index contributed by atoms with van der Waals surface area (Å²) in [6.45, 7) is 3.47. The van der Waals surface area contributed by atoms with E-state index >= 15 is 0 Å². The first-order valence-electron chi connectivity index (χ1n) is 5.92. The van der Waals surface area contributed by atoms with Crippen LogP contribution in [0.3, 0.4) is 0 Å². The van der Waals surface area contributed by atoms with E-state index < -0.39 is 10.2 Å². The zero-order valence-corrected chi connectivity index (χ0v) is 11.6. The van der Waals surface area contributed by atoms with Crippen molar-refractivity contribution < 1.29 is 13.2 Å². The third-order valence-electron chi connectivity index (χ3n) is 3.24. The SMILES string of the molecule is CC1OCCC1N(C)S(=O)(=O)N(C)CCCN. The van der Waals surface area contributed by atoms with Crippen LogP contribution in [0.4, 0.5) is 0 Å². The van der Waals surface area contributed by atoms with E-state index in [1.165, 1.54) is 8.61 Å². The molecule has 0 aromatic carbocycles. The molecule has 2 N–H and O–H groups in total. The maximum atomic E-state index is 12.2. The van der Waals surface area contributed by atoms with Crippen LogP contribution >= 0.6 is 0 Å². The van der Waals surface area contributed by atoms with Crippen LogP contribution in [-0.4, -0.2) is 63.0 Å². The van der Waals surface area contributed by atoms with Crippen molar-refractivity contribution in [1.82, 2.24) is 8.61 Å². The molecule has 1 aliphatic rings. The molecule has 0 aromatic heterocycles. The molecule has 7 heteroatoms. The maximum Gasteiger partial charge on any atom is 0.281 e. The second kappa shape index (κ2) is 6.10. The van der Waals surface area contributed by atoms with Crippen LogP contribution in [-0.2, 0) is 14.9 Å². The first-order chi connectivity index (χ1) is 7.91. The summed E-state index contributed by atoms with van der Waals surface area (Å²) in [6, 6.07) is -0.0691. The molecule has 0 aromatic rings. The molecule has 0 saturated carbocycles. The number of likely N-dealkylation sites (N-methyl/N-ethyl adjacent to an activating group) is 1. The topological polar surface area (TPSA) is 75.9 Å². The molecular weight excluding hydrogens is 242 g/mol. The number of rotatable bonds is 6. The minimum atomic E-state index is -3.40. The Kier molecular flexibility index (Phi) is 5.33. The minimum Gasteiger partial charge on any atom is -0.377 e. The van der Waals surface area contributed by atoms with Crippen LogP contribution in [0.1, 0.15) is 19.8 Å². The second-order valence-corrected chi connectivity index (χ2v) is 6.51. The molecule has 0 bridgehead atoms. The van der Waals surface area contributed by atoms with Crippen molar-refractivity contribution in [1.29, 1.82) is 0 Å². The molecule has 1 aliphatic heterocycles. The molecule has 6 nitrogen and oxygen atoms in total. The van der Waals surface area contributed by atoms with Crippen LogP contribution in [0, 0.1) is 0 Å². The Hall–Kier alpha value is -0.210.